The molecule has 1 aromatic carbocycles. The zero-order valence-electron chi connectivity index (χ0n) is 87.3. The van der Waals surface area contributed by atoms with Crippen LogP contribution >= 0.6 is 0 Å². The van der Waals surface area contributed by atoms with E-state index in [-0.39, 0.29) is 31.0 Å². The molecule has 4 atom stereocenters. The van der Waals surface area contributed by atoms with Gasteiger partial charge in [0.2, 0.25) is 0 Å². The number of hydrogen-bond donors (Lipinski definition) is 9. The molecule has 0 spiro atoms. The second-order valence-corrected chi connectivity index (χ2v) is 42.2. The Morgan fingerprint density at radius 1 is 0.339 bits per heavy atom. The minimum atomic E-state index is -0.00579. The molecule has 734 valence electrons. The molecule has 6 aliphatic rings. The van der Waals surface area contributed by atoms with Crippen molar-refractivity contribution in [2.24, 2.45) is 118 Å². The van der Waals surface area contributed by atoms with Crippen molar-refractivity contribution in [2.45, 2.75) is 482 Å². The van der Waals surface area contributed by atoms with Crippen LogP contribution in [-0.2, 0) is 20.6 Å². The van der Waals surface area contributed by atoms with Gasteiger partial charge in [-0.05, 0) is 291 Å². The Bertz CT molecular complexity index is 1920. The molecule has 2 saturated heterocycles. The largest absolute Gasteiger partial charge is 0.396 e. The van der Waals surface area contributed by atoms with Gasteiger partial charge in [-0.1, -0.05) is 315 Å². The SMILES string of the molecule is CC(C)C1CCC(O)CC1.CC(C)C1CCC(O)CC1.CC(C)C1CCC(O)CC1.CC(C)C1CCOCC1.CC(C)CC1CCCO1.CC(C)CCCCCO.CC(C)CCCCO.CC(C)CCCO.CC(C)CCO.CC(C)[C@H](CO)Cc1ccccc1.CC(C)[C@H]1CCCC[C@H]1O.CCCC(C)C.CCCCC(C)C.COCCC(C)C. The molecule has 0 bridgehead atoms. The quantitative estimate of drug-likeness (QED) is 0.0301. The topological polar surface area (TPSA) is 210 Å². The maximum atomic E-state index is 9.54. The van der Waals surface area contributed by atoms with Crippen LogP contribution in [0.15, 0.2) is 30.3 Å². The number of benzene rings is 1. The van der Waals surface area contributed by atoms with E-state index in [1.165, 1.54) is 166 Å². The van der Waals surface area contributed by atoms with Crippen molar-refractivity contribution in [1.29, 1.82) is 0 Å². The first-order chi connectivity index (χ1) is 57.0. The molecular formula is C109H226O12. The van der Waals surface area contributed by atoms with E-state index in [9.17, 15) is 20.4 Å². The number of unbranched alkanes of at least 4 members (excludes halogenated alkanes) is 4. The highest BCUT2D eigenvalue weighted by molar-refractivity contribution is 5.15. The first-order valence-corrected chi connectivity index (χ1v) is 51.5. The van der Waals surface area contributed by atoms with Crippen LogP contribution in [0.3, 0.4) is 0 Å². The Hall–Kier alpha value is -1.26. The zero-order valence-corrected chi connectivity index (χ0v) is 87.3. The van der Waals surface area contributed by atoms with Crippen LogP contribution in [0, 0.1) is 118 Å². The van der Waals surface area contributed by atoms with Crippen LogP contribution in [-0.4, -0.2) is 143 Å². The summed E-state index contributed by atoms with van der Waals surface area (Å²) in [5.41, 5.74) is 1.32. The first kappa shape index (κ1) is 133. The van der Waals surface area contributed by atoms with E-state index < -0.39 is 0 Å². The molecule has 4 saturated carbocycles. The fourth-order valence-corrected chi connectivity index (χ4v) is 15.2. The summed E-state index contributed by atoms with van der Waals surface area (Å²) >= 11 is 0. The molecule has 7 rings (SSSR count). The maximum Gasteiger partial charge on any atom is 0.0578 e. The van der Waals surface area contributed by atoms with Gasteiger partial charge in [-0.25, -0.2) is 0 Å². The lowest BCUT2D eigenvalue weighted by atomic mass is 9.79. The lowest BCUT2D eigenvalue weighted by Gasteiger charge is -2.30. The molecule has 4 aliphatic carbocycles. The average molecular weight is 1730 g/mol. The van der Waals surface area contributed by atoms with Crippen molar-refractivity contribution in [1.82, 2.24) is 0 Å². The summed E-state index contributed by atoms with van der Waals surface area (Å²) in [6.45, 7) is 72.4. The number of aliphatic hydroxyl groups excluding tert-OH is 9. The van der Waals surface area contributed by atoms with E-state index in [4.69, 9.17) is 39.7 Å². The van der Waals surface area contributed by atoms with Crippen molar-refractivity contribution < 1.29 is 60.2 Å². The third-order valence-electron chi connectivity index (χ3n) is 24.4. The Labute approximate surface area is 759 Å². The molecule has 12 heteroatoms. The van der Waals surface area contributed by atoms with E-state index in [0.29, 0.717) is 62.1 Å². The minimum Gasteiger partial charge on any atom is -0.396 e. The summed E-state index contributed by atoms with van der Waals surface area (Å²) in [5, 5.41) is 79.7. The second kappa shape index (κ2) is 94.8. The van der Waals surface area contributed by atoms with E-state index >= 15 is 0 Å². The van der Waals surface area contributed by atoms with Gasteiger partial charge in [-0.2, -0.15) is 0 Å². The van der Waals surface area contributed by atoms with E-state index in [2.05, 4.69) is 220 Å². The molecule has 0 aromatic heterocycles. The predicted molar refractivity (Wildman–Crippen MR) is 533 cm³/mol. The first-order valence-electron chi connectivity index (χ1n) is 51.5. The lowest BCUT2D eigenvalue weighted by molar-refractivity contribution is 0.0456. The summed E-state index contributed by atoms with van der Waals surface area (Å²) in [4.78, 5) is 0. The van der Waals surface area contributed by atoms with Crippen LogP contribution in [0.2, 0.25) is 0 Å². The van der Waals surface area contributed by atoms with Gasteiger partial charge in [0.05, 0.1) is 30.5 Å². The third-order valence-corrected chi connectivity index (χ3v) is 24.4. The van der Waals surface area contributed by atoms with Gasteiger partial charge in [-0.15, -0.1) is 0 Å². The van der Waals surface area contributed by atoms with Gasteiger partial charge >= 0.3 is 0 Å². The fourth-order valence-electron chi connectivity index (χ4n) is 15.2. The maximum absolute atomic E-state index is 9.54. The predicted octanol–water partition coefficient (Wildman–Crippen LogP) is 28.9. The molecule has 6 fully saturated rings. The van der Waals surface area contributed by atoms with Gasteiger partial charge in [0.25, 0.3) is 0 Å². The smallest absolute Gasteiger partial charge is 0.0578 e. The Morgan fingerprint density at radius 3 is 0.959 bits per heavy atom. The molecule has 1 unspecified atom stereocenters. The summed E-state index contributed by atoms with van der Waals surface area (Å²) in [5.74, 6) is 15.4. The lowest BCUT2D eigenvalue weighted by Crippen LogP contribution is -2.28. The molecule has 2 aliphatic heterocycles. The van der Waals surface area contributed by atoms with Crippen LogP contribution in [0.4, 0.5) is 0 Å². The Balaban J connectivity index is -0.000000232. The molecule has 0 radical (unpaired) electrons. The van der Waals surface area contributed by atoms with E-state index in [1.807, 2.05) is 18.2 Å². The van der Waals surface area contributed by atoms with Crippen molar-refractivity contribution in [2.75, 3.05) is 66.6 Å². The van der Waals surface area contributed by atoms with Gasteiger partial charge in [-0.3, -0.25) is 0 Å². The van der Waals surface area contributed by atoms with Crippen molar-refractivity contribution in [3.05, 3.63) is 35.9 Å². The third kappa shape index (κ3) is 102. The number of ether oxygens (including phenoxy) is 3. The molecule has 1 aromatic rings. The molecule has 2 heterocycles. The number of rotatable bonds is 33. The van der Waals surface area contributed by atoms with Crippen molar-refractivity contribution in [3.8, 4) is 0 Å². The van der Waals surface area contributed by atoms with Crippen molar-refractivity contribution >= 4 is 0 Å². The molecule has 121 heavy (non-hydrogen) atoms. The van der Waals surface area contributed by atoms with Crippen molar-refractivity contribution in [3.63, 3.8) is 0 Å². The minimum absolute atomic E-state index is 0.00579. The van der Waals surface area contributed by atoms with Crippen LogP contribution in [0.5, 0.6) is 0 Å². The highest BCUT2D eigenvalue weighted by Gasteiger charge is 2.27. The second-order valence-electron chi connectivity index (χ2n) is 42.2. The Morgan fingerprint density at radius 2 is 0.711 bits per heavy atom. The number of aliphatic hydroxyl groups is 9. The highest BCUT2D eigenvalue weighted by atomic mass is 16.5. The van der Waals surface area contributed by atoms with Gasteiger partial charge in [0.15, 0.2) is 0 Å². The van der Waals surface area contributed by atoms with Gasteiger partial charge in [0, 0.05) is 66.6 Å². The zero-order chi connectivity index (χ0) is 93.9. The fraction of sp³-hybridized carbons (Fsp3) is 0.945. The molecule has 0 amide bonds. The summed E-state index contributed by atoms with van der Waals surface area (Å²) in [7, 11) is 1.74. The van der Waals surface area contributed by atoms with Crippen LogP contribution in [0.1, 0.15) is 451 Å². The normalized spacial score (nSPS) is 21.0. The summed E-state index contributed by atoms with van der Waals surface area (Å²) < 4.78 is 15.6. The molecule has 9 N–H and O–H groups in total. The van der Waals surface area contributed by atoms with Crippen LogP contribution in [0.25, 0.3) is 0 Å². The van der Waals surface area contributed by atoms with E-state index in [0.717, 1.165) is 199 Å². The van der Waals surface area contributed by atoms with Gasteiger partial charge in [0.1, 0.15) is 0 Å². The van der Waals surface area contributed by atoms with Crippen LogP contribution < -0.4 is 0 Å². The van der Waals surface area contributed by atoms with Gasteiger partial charge < -0.3 is 60.2 Å². The summed E-state index contributed by atoms with van der Waals surface area (Å²) in [6.07, 6.45) is 45.6. The van der Waals surface area contributed by atoms with E-state index in [1.54, 1.807) is 7.11 Å². The molecule has 12 nitrogen and oxygen atoms in total. The number of hydrogen-bond acceptors (Lipinski definition) is 12. The summed E-state index contributed by atoms with van der Waals surface area (Å²) in [6, 6.07) is 10.3. The highest BCUT2D eigenvalue weighted by Crippen LogP contribution is 2.33. The Kier molecular flexibility index (Phi) is 104. The standard InChI is InChI=1S/C12H18O.4C9H18O.2C8H16O.C8H18O.C7H16O.C7H16.2C6H14O.C6H14.C5H12O/c1-10(2)12(9-13)8-11-6-4-3-5-7-11;3*1-7(2)8-3-5-9(10)6-4-8;1-7(2)8-5-3-4-6-9(8)10;1-7(2)8-3-5-9-6-4-8;1-7(2)6-8-4-3-5-9-8;1-8(2)6-4-3-5-7-9;1-7(2)5-3-4-6-8;1-4-5-6-7(2)3;1-6(2)4-5-7-3;1-6(2)4-3-5-7;1-4-5-6(2)3;1-5(2)3-4-6/h3-7,10,12-13H,8-9H2,1-2H3;4*7-10H,3-6H2,1-2H3;2*7-8H,3-6H2,1-2H3;8-9H,3-7H2,1-2H3;7-8H,3-6H2,1-2H3;7H,4-6H2,1-3H3;6H,4-5H2,1-3H3;6-7H,3-5H2,1-2H3;6H,4-5H2,1-3H3;5-6H,3-4H2,1-2H3/t12-;;;;8-,9-;;;;;;;;;/m0...1........./s1. The number of methoxy groups -OCH3 is 1. The molecular weight excluding hydrogens is 1500 g/mol. The monoisotopic (exact) mass is 1730 g/mol. The average Bonchev–Trinajstić information content (AvgIpc) is 1.58.